The molecule has 3 aromatic carbocycles. The van der Waals surface area contributed by atoms with Crippen molar-refractivity contribution in [1.82, 2.24) is 0 Å². The molecule has 0 saturated carbocycles. The van der Waals surface area contributed by atoms with E-state index >= 15 is 0 Å². The summed E-state index contributed by atoms with van der Waals surface area (Å²) in [4.78, 5) is 0. The minimum atomic E-state index is -0.590. The maximum absolute atomic E-state index is 9.71. The molecule has 9 heteroatoms. The number of aliphatic hydroxyl groups is 1. The molecule has 0 amide bonds. The van der Waals surface area contributed by atoms with Gasteiger partial charge in [-0.3, -0.25) is 0 Å². The van der Waals surface area contributed by atoms with Crippen molar-refractivity contribution in [2.75, 3.05) is 33.5 Å². The molecule has 4 saturated heterocycles. The minimum absolute atomic E-state index is 0.0325. The summed E-state index contributed by atoms with van der Waals surface area (Å²) in [6.07, 6.45) is -1.74. The number of rotatable bonds is 8. The van der Waals surface area contributed by atoms with Gasteiger partial charge in [0.05, 0.1) is 40.1 Å². The van der Waals surface area contributed by atoms with E-state index in [0.29, 0.717) is 33.0 Å². The minimum Gasteiger partial charge on any atom is -0.497 e. The molecule has 0 aromatic heterocycles. The quantitative estimate of drug-likeness (QED) is 0.362. The van der Waals surface area contributed by atoms with Gasteiger partial charge in [-0.1, -0.05) is 86.6 Å². The number of benzene rings is 3. The van der Waals surface area contributed by atoms with Gasteiger partial charge in [-0.25, -0.2) is 0 Å². The number of aliphatic hydroxyl groups excluding tert-OH is 1. The molecule has 8 atom stereocenters. The third kappa shape index (κ3) is 8.84. The van der Waals surface area contributed by atoms with E-state index < -0.39 is 12.4 Å². The van der Waals surface area contributed by atoms with E-state index in [1.165, 1.54) is 0 Å². The van der Waals surface area contributed by atoms with E-state index in [1.54, 1.807) is 7.11 Å². The van der Waals surface area contributed by atoms with Crippen molar-refractivity contribution in [3.8, 4) is 5.75 Å². The Morgan fingerprint density at radius 3 is 1.70 bits per heavy atom. The zero-order chi connectivity index (χ0) is 30.0. The molecule has 0 aliphatic carbocycles. The molecular weight excluding hydrogens is 552 g/mol. The molecule has 4 aliphatic rings. The molecule has 4 heterocycles. The van der Waals surface area contributed by atoms with E-state index in [9.17, 15) is 5.11 Å². The highest BCUT2D eigenvalue weighted by molar-refractivity contribution is 5.26. The fourth-order valence-corrected chi connectivity index (χ4v) is 4.89. The van der Waals surface area contributed by atoms with Crippen LogP contribution in [0.3, 0.4) is 0 Å². The van der Waals surface area contributed by atoms with Gasteiger partial charge in [-0.15, -0.1) is 0 Å². The first-order valence-corrected chi connectivity index (χ1v) is 15.0. The van der Waals surface area contributed by atoms with Gasteiger partial charge in [0.25, 0.3) is 0 Å². The Bertz CT molecular complexity index is 1200. The van der Waals surface area contributed by atoms with Crippen LogP contribution >= 0.6 is 0 Å². The van der Waals surface area contributed by atoms with E-state index in [-0.39, 0.29) is 36.8 Å². The van der Waals surface area contributed by atoms with Crippen LogP contribution < -0.4 is 4.74 Å². The molecule has 7 rings (SSSR count). The highest BCUT2D eigenvalue weighted by atomic mass is 16.7. The summed E-state index contributed by atoms with van der Waals surface area (Å²) >= 11 is 0. The van der Waals surface area contributed by atoms with Crippen LogP contribution in [0, 0.1) is 0 Å². The van der Waals surface area contributed by atoms with Crippen molar-refractivity contribution in [2.45, 2.75) is 69.7 Å². The average molecular weight is 595 g/mol. The normalized spacial score (nSPS) is 31.0. The summed E-state index contributed by atoms with van der Waals surface area (Å²) in [5.41, 5.74) is 3.07. The first-order chi connectivity index (χ1) is 21.2. The van der Waals surface area contributed by atoms with Gasteiger partial charge >= 0.3 is 0 Å². The fraction of sp³-hybridized carbons (Fsp3) is 0.471. The zero-order valence-corrected chi connectivity index (χ0v) is 25.0. The lowest BCUT2D eigenvalue weighted by atomic mass is 10.1. The van der Waals surface area contributed by atoms with Gasteiger partial charge in [-0.2, -0.15) is 0 Å². The molecule has 232 valence electrons. The second kappa shape index (κ2) is 15.7. The van der Waals surface area contributed by atoms with Crippen LogP contribution in [0.2, 0.25) is 0 Å². The molecule has 43 heavy (non-hydrogen) atoms. The van der Waals surface area contributed by atoms with Crippen LogP contribution in [-0.2, 0) is 39.8 Å². The van der Waals surface area contributed by atoms with Gasteiger partial charge in [0, 0.05) is 11.1 Å². The Hall–Kier alpha value is -2.86. The van der Waals surface area contributed by atoms with Gasteiger partial charge in [0.15, 0.2) is 12.6 Å². The molecule has 4 fully saturated rings. The molecule has 0 spiro atoms. The Balaban J connectivity index is 0.000000176. The predicted molar refractivity (Wildman–Crippen MR) is 158 cm³/mol. The molecule has 4 aliphatic heterocycles. The lowest BCUT2D eigenvalue weighted by Gasteiger charge is -2.36. The van der Waals surface area contributed by atoms with Crippen LogP contribution in [-0.4, -0.2) is 75.3 Å². The standard InChI is InChI=1S/C20H22O5.C12H14O4.C2H6/c1-21-16-9-7-14(8-10-16)11-22-18-13-24-20(15-5-3-2-4-6-15)25-19(18)17-12-23-17;13-9-6-15-12(8-4-2-1-3-5-8)16-11(9)10-7-14-10;1-2/h2-10,17-20H,11-13H2,1H3;1-5,9-13H,6-7H2;1-2H3/t17-,18?,19?,20?;9?,10-,11?,12?;/m11./s1. The number of hydrogen-bond acceptors (Lipinski definition) is 9. The molecule has 0 bridgehead atoms. The summed E-state index contributed by atoms with van der Waals surface area (Å²) in [5, 5.41) is 9.71. The highest BCUT2D eigenvalue weighted by Crippen LogP contribution is 2.34. The first kappa shape index (κ1) is 31.6. The predicted octanol–water partition coefficient (Wildman–Crippen LogP) is 4.98. The Morgan fingerprint density at radius 2 is 1.16 bits per heavy atom. The summed E-state index contributed by atoms with van der Waals surface area (Å²) in [5.74, 6) is 0.836. The second-order valence-electron chi connectivity index (χ2n) is 10.4. The topological polar surface area (TPSA) is 101 Å². The van der Waals surface area contributed by atoms with Crippen molar-refractivity contribution >= 4 is 0 Å². The van der Waals surface area contributed by atoms with Crippen LogP contribution in [0.25, 0.3) is 0 Å². The number of methoxy groups -OCH3 is 1. The maximum atomic E-state index is 9.71. The van der Waals surface area contributed by atoms with Crippen molar-refractivity contribution in [2.24, 2.45) is 0 Å². The van der Waals surface area contributed by atoms with Gasteiger partial charge in [0.1, 0.15) is 42.4 Å². The zero-order valence-electron chi connectivity index (χ0n) is 25.0. The van der Waals surface area contributed by atoms with Gasteiger partial charge in [0.2, 0.25) is 0 Å². The summed E-state index contributed by atoms with van der Waals surface area (Å²) < 4.78 is 45.1. The van der Waals surface area contributed by atoms with Crippen molar-refractivity contribution in [3.63, 3.8) is 0 Å². The lowest BCUT2D eigenvalue weighted by molar-refractivity contribution is -0.271. The van der Waals surface area contributed by atoms with Gasteiger partial charge in [-0.05, 0) is 17.7 Å². The summed E-state index contributed by atoms with van der Waals surface area (Å²) in [7, 11) is 1.66. The monoisotopic (exact) mass is 594 g/mol. The van der Waals surface area contributed by atoms with Crippen LogP contribution in [0.5, 0.6) is 5.75 Å². The summed E-state index contributed by atoms with van der Waals surface area (Å²) in [6.45, 7) is 6.67. The third-order valence-corrected chi connectivity index (χ3v) is 7.36. The number of hydrogen-bond donors (Lipinski definition) is 1. The number of ether oxygens (including phenoxy) is 8. The maximum Gasteiger partial charge on any atom is 0.184 e. The molecule has 9 nitrogen and oxygen atoms in total. The molecular formula is C34H42O9. The third-order valence-electron chi connectivity index (χ3n) is 7.36. The average Bonchev–Trinajstić information content (AvgIpc) is 4.01. The van der Waals surface area contributed by atoms with Crippen molar-refractivity contribution in [1.29, 1.82) is 0 Å². The van der Waals surface area contributed by atoms with Crippen LogP contribution in [0.15, 0.2) is 84.9 Å². The van der Waals surface area contributed by atoms with E-state index in [2.05, 4.69) is 0 Å². The lowest BCUT2D eigenvalue weighted by Crippen LogP contribution is -2.45. The molecule has 6 unspecified atom stereocenters. The Labute approximate surface area is 253 Å². The highest BCUT2D eigenvalue weighted by Gasteiger charge is 2.45. The van der Waals surface area contributed by atoms with Crippen molar-refractivity contribution < 1.29 is 43.0 Å². The molecule has 1 N–H and O–H groups in total. The smallest absolute Gasteiger partial charge is 0.184 e. The van der Waals surface area contributed by atoms with Gasteiger partial charge < -0.3 is 43.0 Å². The second-order valence-corrected chi connectivity index (χ2v) is 10.4. The largest absolute Gasteiger partial charge is 0.497 e. The van der Waals surface area contributed by atoms with E-state index in [4.69, 9.17) is 37.9 Å². The Kier molecular flexibility index (Phi) is 11.6. The van der Waals surface area contributed by atoms with E-state index in [1.807, 2.05) is 98.8 Å². The number of epoxide rings is 2. The van der Waals surface area contributed by atoms with Crippen molar-refractivity contribution in [3.05, 3.63) is 102 Å². The first-order valence-electron chi connectivity index (χ1n) is 15.0. The Morgan fingerprint density at radius 1 is 0.651 bits per heavy atom. The molecule has 3 aromatic rings. The van der Waals surface area contributed by atoms with Crippen LogP contribution in [0.4, 0.5) is 0 Å². The summed E-state index contributed by atoms with van der Waals surface area (Å²) in [6, 6.07) is 27.6. The molecule has 0 radical (unpaired) electrons. The fourth-order valence-electron chi connectivity index (χ4n) is 4.89. The van der Waals surface area contributed by atoms with E-state index in [0.717, 1.165) is 22.4 Å². The van der Waals surface area contributed by atoms with Crippen LogP contribution in [0.1, 0.15) is 43.1 Å². The SMILES string of the molecule is CC.COc1ccc(COC2COC(c3ccccc3)OC2[C@H]2CO2)cc1.OC1COC(c2ccccc2)OC1[C@H]1CO1.